The Balaban J connectivity index is 2.84. The zero-order valence-electron chi connectivity index (χ0n) is 8.66. The van der Waals surface area contributed by atoms with Crippen molar-refractivity contribution in [3.8, 4) is 0 Å². The molecule has 0 aliphatic rings. The highest BCUT2D eigenvalue weighted by Gasteiger charge is 2.13. The fourth-order valence-corrected chi connectivity index (χ4v) is 1.28. The van der Waals surface area contributed by atoms with Gasteiger partial charge in [-0.3, -0.25) is 0 Å². The van der Waals surface area contributed by atoms with Gasteiger partial charge in [0.2, 0.25) is 0 Å². The highest BCUT2D eigenvalue weighted by atomic mass is 35.5. The summed E-state index contributed by atoms with van der Waals surface area (Å²) >= 11 is 5.53. The first-order valence-electron chi connectivity index (χ1n) is 4.63. The molecule has 0 aliphatic heterocycles. The molecule has 0 aliphatic carbocycles. The average molecular weight is 250 g/mol. The molecule has 1 rings (SSSR count). The van der Waals surface area contributed by atoms with Gasteiger partial charge in [0.1, 0.15) is 0 Å². The quantitative estimate of drug-likeness (QED) is 0.806. The van der Waals surface area contributed by atoms with E-state index in [2.05, 4.69) is 11.9 Å². The summed E-state index contributed by atoms with van der Waals surface area (Å²) in [5, 5.41) is 3.27. The molecule has 0 saturated heterocycles. The van der Waals surface area contributed by atoms with E-state index in [9.17, 15) is 13.2 Å². The molecule has 0 saturated carbocycles. The van der Waals surface area contributed by atoms with Gasteiger partial charge in [-0.05, 0) is 24.6 Å². The second-order valence-electron chi connectivity index (χ2n) is 3.42. The monoisotopic (exact) mass is 249 g/mol. The third kappa shape index (κ3) is 3.25. The Morgan fingerprint density at radius 2 is 1.88 bits per heavy atom. The van der Waals surface area contributed by atoms with E-state index in [1.807, 2.05) is 0 Å². The van der Waals surface area contributed by atoms with Crippen molar-refractivity contribution in [1.29, 1.82) is 0 Å². The Morgan fingerprint density at radius 3 is 2.31 bits per heavy atom. The lowest BCUT2D eigenvalue weighted by Gasteiger charge is -2.14. The average Bonchev–Trinajstić information content (AvgIpc) is 2.21. The fraction of sp³-hybridized carbons (Fsp3) is 0.273. The maximum atomic E-state index is 12.9. The molecule has 1 N–H and O–H groups in total. The van der Waals surface area contributed by atoms with Gasteiger partial charge in [-0.25, -0.2) is 13.2 Å². The van der Waals surface area contributed by atoms with Gasteiger partial charge in [0, 0.05) is 17.6 Å². The number of nitrogens with one attached hydrogen (secondary N) is 1. The van der Waals surface area contributed by atoms with Crippen LogP contribution in [0.1, 0.15) is 18.5 Å². The molecule has 0 radical (unpaired) electrons. The highest BCUT2D eigenvalue weighted by molar-refractivity contribution is 6.29. The largest absolute Gasteiger partial charge is 0.305 e. The molecule has 0 bridgehead atoms. The van der Waals surface area contributed by atoms with Crippen LogP contribution in [0.5, 0.6) is 0 Å². The van der Waals surface area contributed by atoms with E-state index in [-0.39, 0.29) is 6.04 Å². The maximum Gasteiger partial charge on any atom is 0.194 e. The topological polar surface area (TPSA) is 12.0 Å². The van der Waals surface area contributed by atoms with E-state index in [4.69, 9.17) is 11.6 Å². The van der Waals surface area contributed by atoms with E-state index >= 15 is 0 Å². The number of hydrogen-bond acceptors (Lipinski definition) is 1. The molecule has 1 unspecified atom stereocenters. The summed E-state index contributed by atoms with van der Waals surface area (Å²) in [4.78, 5) is 0. The number of rotatable bonds is 4. The van der Waals surface area contributed by atoms with Crippen LogP contribution in [0.2, 0.25) is 0 Å². The van der Waals surface area contributed by atoms with Crippen LogP contribution in [0.25, 0.3) is 0 Å². The van der Waals surface area contributed by atoms with Crippen molar-refractivity contribution in [3.63, 3.8) is 0 Å². The second-order valence-corrected chi connectivity index (χ2v) is 3.95. The van der Waals surface area contributed by atoms with Gasteiger partial charge < -0.3 is 5.32 Å². The number of hydrogen-bond donors (Lipinski definition) is 1. The Morgan fingerprint density at radius 1 is 1.38 bits per heavy atom. The van der Waals surface area contributed by atoms with Crippen LogP contribution in [-0.2, 0) is 0 Å². The molecular weight excluding hydrogens is 239 g/mol. The van der Waals surface area contributed by atoms with E-state index in [0.717, 1.165) is 12.1 Å². The summed E-state index contributed by atoms with van der Waals surface area (Å²) in [6.45, 7) is 5.46. The lowest BCUT2D eigenvalue weighted by molar-refractivity contribution is 0.442. The molecule has 1 aromatic carbocycles. The second kappa shape index (κ2) is 5.37. The first-order chi connectivity index (χ1) is 7.41. The fourth-order valence-electron chi connectivity index (χ4n) is 1.21. The summed E-state index contributed by atoms with van der Waals surface area (Å²) in [6, 6.07) is 1.56. The maximum absolute atomic E-state index is 12.9. The molecule has 0 amide bonds. The molecular formula is C11H11ClF3N. The smallest absolute Gasteiger partial charge is 0.194 e. The van der Waals surface area contributed by atoms with Gasteiger partial charge in [-0.1, -0.05) is 18.2 Å². The summed E-state index contributed by atoms with van der Waals surface area (Å²) in [6.07, 6.45) is 0. The Kier molecular flexibility index (Phi) is 4.38. The molecule has 5 heteroatoms. The van der Waals surface area contributed by atoms with E-state index in [0.29, 0.717) is 17.1 Å². The molecule has 1 aromatic rings. The summed E-state index contributed by atoms with van der Waals surface area (Å²) in [5.74, 6) is -3.86. The Hall–Kier alpha value is -1.00. The minimum Gasteiger partial charge on any atom is -0.305 e. The Bertz CT molecular complexity index is 383. The molecule has 0 spiro atoms. The molecule has 0 heterocycles. The molecule has 0 fully saturated rings. The van der Waals surface area contributed by atoms with Crippen molar-refractivity contribution in [3.05, 3.63) is 46.8 Å². The van der Waals surface area contributed by atoms with Crippen molar-refractivity contribution in [2.45, 2.75) is 13.0 Å². The van der Waals surface area contributed by atoms with Crippen LogP contribution in [0.15, 0.2) is 23.7 Å². The predicted octanol–water partition coefficient (Wildman–Crippen LogP) is 3.51. The van der Waals surface area contributed by atoms with E-state index in [1.54, 1.807) is 6.92 Å². The van der Waals surface area contributed by atoms with Crippen LogP contribution >= 0.6 is 11.6 Å². The van der Waals surface area contributed by atoms with Crippen LogP contribution in [-0.4, -0.2) is 6.54 Å². The van der Waals surface area contributed by atoms with Crippen LogP contribution in [0.4, 0.5) is 13.2 Å². The lowest BCUT2D eigenvalue weighted by Crippen LogP contribution is -2.20. The molecule has 88 valence electrons. The number of benzene rings is 1. The first-order valence-corrected chi connectivity index (χ1v) is 5.00. The lowest BCUT2D eigenvalue weighted by atomic mass is 10.1. The van der Waals surface area contributed by atoms with Gasteiger partial charge in [-0.2, -0.15) is 0 Å². The Labute approximate surface area is 96.9 Å². The van der Waals surface area contributed by atoms with Gasteiger partial charge in [0.25, 0.3) is 0 Å². The van der Waals surface area contributed by atoms with Crippen molar-refractivity contribution < 1.29 is 13.2 Å². The molecule has 0 aromatic heterocycles. The summed E-state index contributed by atoms with van der Waals surface area (Å²) in [5.41, 5.74) is 0.314. The minimum atomic E-state index is -1.46. The van der Waals surface area contributed by atoms with Crippen molar-refractivity contribution in [2.24, 2.45) is 0 Å². The zero-order valence-corrected chi connectivity index (χ0v) is 9.41. The number of halogens is 4. The molecule has 16 heavy (non-hydrogen) atoms. The normalized spacial score (nSPS) is 12.6. The van der Waals surface area contributed by atoms with Gasteiger partial charge >= 0.3 is 0 Å². The molecule has 1 nitrogen and oxygen atoms in total. The molecule has 1 atom stereocenters. The van der Waals surface area contributed by atoms with Gasteiger partial charge in [0.05, 0.1) is 0 Å². The summed E-state index contributed by atoms with van der Waals surface area (Å²) < 4.78 is 38.5. The van der Waals surface area contributed by atoms with E-state index < -0.39 is 17.5 Å². The van der Waals surface area contributed by atoms with Crippen LogP contribution in [0.3, 0.4) is 0 Å². The standard InChI is InChI=1S/C11H11ClF3N/c1-6(12)5-16-7(2)8-3-9(13)11(15)10(14)4-8/h3-4,7,16H,1,5H2,2H3. The highest BCUT2D eigenvalue weighted by Crippen LogP contribution is 2.19. The third-order valence-corrected chi connectivity index (χ3v) is 2.24. The first kappa shape index (κ1) is 13.1. The summed E-state index contributed by atoms with van der Waals surface area (Å²) in [7, 11) is 0. The van der Waals surface area contributed by atoms with Crippen LogP contribution in [0, 0.1) is 17.5 Å². The van der Waals surface area contributed by atoms with Crippen molar-refractivity contribution in [2.75, 3.05) is 6.54 Å². The SMILES string of the molecule is C=C(Cl)CNC(C)c1cc(F)c(F)c(F)c1. The van der Waals surface area contributed by atoms with Gasteiger partial charge in [0.15, 0.2) is 17.5 Å². The van der Waals surface area contributed by atoms with E-state index in [1.165, 1.54) is 0 Å². The third-order valence-electron chi connectivity index (χ3n) is 2.11. The van der Waals surface area contributed by atoms with Crippen molar-refractivity contribution >= 4 is 11.6 Å². The van der Waals surface area contributed by atoms with Gasteiger partial charge in [-0.15, -0.1) is 0 Å². The van der Waals surface area contributed by atoms with Crippen LogP contribution < -0.4 is 5.32 Å². The predicted molar refractivity (Wildman–Crippen MR) is 57.7 cm³/mol. The zero-order chi connectivity index (χ0) is 12.3. The minimum absolute atomic E-state index is 0.309. The van der Waals surface area contributed by atoms with Crippen molar-refractivity contribution in [1.82, 2.24) is 5.32 Å².